The van der Waals surface area contributed by atoms with Gasteiger partial charge in [-0.2, -0.15) is 5.10 Å². The zero-order chi connectivity index (χ0) is 15.6. The number of likely N-dealkylation sites (N-methyl/N-ethyl adjacent to an activating group) is 1. The first-order valence-electron chi connectivity index (χ1n) is 7.19. The van der Waals surface area contributed by atoms with E-state index in [1.54, 1.807) is 22.8 Å². The Balaban J connectivity index is 2.04. The van der Waals surface area contributed by atoms with E-state index in [0.29, 0.717) is 6.54 Å². The van der Waals surface area contributed by atoms with E-state index in [2.05, 4.69) is 22.0 Å². The van der Waals surface area contributed by atoms with Crippen LogP contribution in [0.4, 0.5) is 0 Å². The van der Waals surface area contributed by atoms with Gasteiger partial charge in [-0.3, -0.25) is 9.48 Å². The molecule has 2 aromatic rings. The highest BCUT2D eigenvalue weighted by atomic mass is 16.2. The van der Waals surface area contributed by atoms with Gasteiger partial charge in [-0.1, -0.05) is 6.92 Å². The van der Waals surface area contributed by atoms with Crippen molar-refractivity contribution in [3.8, 4) is 0 Å². The van der Waals surface area contributed by atoms with Crippen molar-refractivity contribution in [2.75, 3.05) is 7.05 Å². The Labute approximate surface area is 125 Å². The molecule has 0 fully saturated rings. The Morgan fingerprint density at radius 1 is 1.38 bits per heavy atom. The van der Waals surface area contributed by atoms with Crippen LogP contribution in [-0.2, 0) is 24.3 Å². The molecule has 6 nitrogen and oxygen atoms in total. The number of carbonyl (C=O) groups is 1. The molecule has 0 radical (unpaired) electrons. The first-order chi connectivity index (χ1) is 9.92. The van der Waals surface area contributed by atoms with E-state index in [1.165, 1.54) is 5.56 Å². The summed E-state index contributed by atoms with van der Waals surface area (Å²) in [4.78, 5) is 21.3. The minimum Gasteiger partial charge on any atom is -0.345 e. The normalized spacial score (nSPS) is 10.9. The van der Waals surface area contributed by atoms with E-state index < -0.39 is 0 Å². The summed E-state index contributed by atoms with van der Waals surface area (Å²) >= 11 is 0. The van der Waals surface area contributed by atoms with E-state index in [-0.39, 0.29) is 12.5 Å². The molecule has 2 aromatic heterocycles. The maximum absolute atomic E-state index is 12.3. The van der Waals surface area contributed by atoms with Crippen LogP contribution in [0, 0.1) is 20.8 Å². The van der Waals surface area contributed by atoms with Gasteiger partial charge >= 0.3 is 0 Å². The Morgan fingerprint density at radius 3 is 2.62 bits per heavy atom. The van der Waals surface area contributed by atoms with Crippen LogP contribution < -0.4 is 0 Å². The number of nitrogens with one attached hydrogen (secondary N) is 1. The van der Waals surface area contributed by atoms with E-state index in [1.807, 2.05) is 20.8 Å². The lowest BCUT2D eigenvalue weighted by Crippen LogP contribution is -2.30. The molecule has 6 heteroatoms. The third-order valence-corrected chi connectivity index (χ3v) is 3.74. The molecule has 114 valence electrons. The lowest BCUT2D eigenvalue weighted by Gasteiger charge is -2.16. The first-order valence-corrected chi connectivity index (χ1v) is 7.19. The average molecular weight is 289 g/mol. The summed E-state index contributed by atoms with van der Waals surface area (Å²) in [7, 11) is 1.78. The van der Waals surface area contributed by atoms with Crippen LogP contribution in [0.5, 0.6) is 0 Å². The highest BCUT2D eigenvalue weighted by Gasteiger charge is 2.16. The van der Waals surface area contributed by atoms with Crippen LogP contribution in [0.2, 0.25) is 0 Å². The van der Waals surface area contributed by atoms with Crippen LogP contribution in [0.1, 0.15) is 35.4 Å². The van der Waals surface area contributed by atoms with Crippen molar-refractivity contribution < 1.29 is 4.79 Å². The Hall–Kier alpha value is -2.11. The molecule has 0 unspecified atom stereocenters. The Bertz CT molecular complexity index is 641. The molecule has 0 aliphatic rings. The molecule has 1 N–H and O–H groups in total. The summed E-state index contributed by atoms with van der Waals surface area (Å²) in [6.07, 6.45) is 2.70. The van der Waals surface area contributed by atoms with Gasteiger partial charge in [0.15, 0.2) is 0 Å². The number of rotatable bonds is 5. The van der Waals surface area contributed by atoms with Crippen LogP contribution >= 0.6 is 0 Å². The Morgan fingerprint density at radius 2 is 2.10 bits per heavy atom. The molecule has 0 saturated heterocycles. The summed E-state index contributed by atoms with van der Waals surface area (Å²) < 4.78 is 1.79. The summed E-state index contributed by atoms with van der Waals surface area (Å²) in [6, 6.07) is 0. The zero-order valence-corrected chi connectivity index (χ0v) is 13.4. The molecule has 0 aliphatic heterocycles. The molecule has 2 heterocycles. The summed E-state index contributed by atoms with van der Waals surface area (Å²) in [5, 5.41) is 4.46. The second kappa shape index (κ2) is 6.11. The number of imidazole rings is 1. The van der Waals surface area contributed by atoms with Gasteiger partial charge in [0.05, 0.1) is 12.2 Å². The van der Waals surface area contributed by atoms with E-state index in [4.69, 9.17) is 0 Å². The molecule has 1 amide bonds. The first kappa shape index (κ1) is 15.3. The molecule has 0 atom stereocenters. The van der Waals surface area contributed by atoms with E-state index in [9.17, 15) is 4.79 Å². The number of nitrogens with zero attached hydrogens (tertiary/aromatic N) is 4. The zero-order valence-electron chi connectivity index (χ0n) is 13.4. The van der Waals surface area contributed by atoms with Gasteiger partial charge in [0.25, 0.3) is 0 Å². The minimum absolute atomic E-state index is 0.0253. The van der Waals surface area contributed by atoms with Crippen LogP contribution in [0.3, 0.4) is 0 Å². The highest BCUT2D eigenvalue weighted by Crippen LogP contribution is 2.13. The fraction of sp³-hybridized carbons (Fsp3) is 0.533. The fourth-order valence-corrected chi connectivity index (χ4v) is 2.51. The van der Waals surface area contributed by atoms with Crippen molar-refractivity contribution in [3.05, 3.63) is 34.7 Å². The lowest BCUT2D eigenvalue weighted by atomic mass is 10.1. The number of aromatic amines is 1. The smallest absolute Gasteiger partial charge is 0.244 e. The second-order valence-electron chi connectivity index (χ2n) is 5.42. The van der Waals surface area contributed by atoms with Gasteiger partial charge in [0, 0.05) is 24.6 Å². The molecule has 21 heavy (non-hydrogen) atoms. The lowest BCUT2D eigenvalue weighted by molar-refractivity contribution is -0.131. The van der Waals surface area contributed by atoms with Crippen molar-refractivity contribution in [1.29, 1.82) is 0 Å². The van der Waals surface area contributed by atoms with Crippen molar-refractivity contribution >= 4 is 5.91 Å². The maximum Gasteiger partial charge on any atom is 0.244 e. The third-order valence-electron chi connectivity index (χ3n) is 3.74. The highest BCUT2D eigenvalue weighted by molar-refractivity contribution is 5.75. The Kier molecular flexibility index (Phi) is 4.45. The molecular weight excluding hydrogens is 266 g/mol. The molecule has 2 rings (SSSR count). The fourth-order valence-electron chi connectivity index (χ4n) is 2.51. The van der Waals surface area contributed by atoms with Crippen LogP contribution in [0.25, 0.3) is 0 Å². The van der Waals surface area contributed by atoms with Crippen molar-refractivity contribution in [3.63, 3.8) is 0 Å². The number of aryl methyl sites for hydroxylation is 2. The minimum atomic E-state index is 0.0253. The van der Waals surface area contributed by atoms with Gasteiger partial charge < -0.3 is 9.88 Å². The van der Waals surface area contributed by atoms with Crippen molar-refractivity contribution in [1.82, 2.24) is 24.6 Å². The maximum atomic E-state index is 12.3. The standard InChI is InChI=1S/C15H23N5O/c1-6-13-11(3)18-20(12(13)4)9-15(21)19(5)8-14-16-7-10(2)17-14/h7H,6,8-9H2,1-5H3,(H,16,17). The third kappa shape index (κ3) is 3.32. The average Bonchev–Trinajstić information content (AvgIpc) is 2.94. The van der Waals surface area contributed by atoms with Gasteiger partial charge in [-0.05, 0) is 32.8 Å². The van der Waals surface area contributed by atoms with Crippen molar-refractivity contribution in [2.24, 2.45) is 0 Å². The summed E-state index contributed by atoms with van der Waals surface area (Å²) in [6.45, 7) is 8.80. The van der Waals surface area contributed by atoms with Gasteiger partial charge in [-0.15, -0.1) is 0 Å². The van der Waals surface area contributed by atoms with Crippen LogP contribution in [0.15, 0.2) is 6.20 Å². The van der Waals surface area contributed by atoms with Crippen LogP contribution in [-0.4, -0.2) is 37.6 Å². The largest absolute Gasteiger partial charge is 0.345 e. The molecule has 0 saturated carbocycles. The summed E-state index contributed by atoms with van der Waals surface area (Å²) in [5.41, 5.74) is 4.31. The number of amides is 1. The van der Waals surface area contributed by atoms with Gasteiger partial charge in [-0.25, -0.2) is 4.98 Å². The number of hydrogen-bond acceptors (Lipinski definition) is 3. The molecular formula is C15H23N5O. The topological polar surface area (TPSA) is 66.8 Å². The number of hydrogen-bond donors (Lipinski definition) is 1. The molecule has 0 bridgehead atoms. The van der Waals surface area contributed by atoms with E-state index in [0.717, 1.165) is 29.3 Å². The van der Waals surface area contributed by atoms with Gasteiger partial charge in [0.1, 0.15) is 12.4 Å². The second-order valence-corrected chi connectivity index (χ2v) is 5.42. The predicted molar refractivity (Wildman–Crippen MR) is 80.9 cm³/mol. The number of aromatic nitrogens is 4. The van der Waals surface area contributed by atoms with E-state index >= 15 is 0 Å². The van der Waals surface area contributed by atoms with Gasteiger partial charge in [0.2, 0.25) is 5.91 Å². The monoisotopic (exact) mass is 289 g/mol. The number of carbonyl (C=O) groups excluding carboxylic acids is 1. The summed E-state index contributed by atoms with van der Waals surface area (Å²) in [5.74, 6) is 0.822. The number of H-pyrrole nitrogens is 1. The predicted octanol–water partition coefficient (Wildman–Crippen LogP) is 1.75. The molecule has 0 aromatic carbocycles. The van der Waals surface area contributed by atoms with Crippen molar-refractivity contribution in [2.45, 2.75) is 47.2 Å². The molecule has 0 aliphatic carbocycles. The SMILES string of the molecule is CCc1c(C)nn(CC(=O)N(C)Cc2ncc(C)[nH]2)c1C. The quantitative estimate of drug-likeness (QED) is 0.912. The molecule has 0 spiro atoms.